The highest BCUT2D eigenvalue weighted by Crippen LogP contribution is 2.44. The van der Waals surface area contributed by atoms with Crippen LogP contribution in [-0.2, 0) is 28.7 Å². The zero-order valence-electron chi connectivity index (χ0n) is 19.2. The Bertz CT molecular complexity index is 1090. The van der Waals surface area contributed by atoms with Crippen LogP contribution in [-0.4, -0.2) is 87.0 Å². The van der Waals surface area contributed by atoms with Gasteiger partial charge >= 0.3 is 5.97 Å². The number of nitrogens with one attached hydrogen (secondary N) is 1. The molecule has 0 saturated carbocycles. The summed E-state index contributed by atoms with van der Waals surface area (Å²) in [6.07, 6.45) is 0.612. The minimum Gasteiger partial charge on any atom is -0.477 e. The molecule has 2 amide bonds. The van der Waals surface area contributed by atoms with Gasteiger partial charge < -0.3 is 30.5 Å². The van der Waals surface area contributed by atoms with Crippen molar-refractivity contribution >= 4 is 63.5 Å². The van der Waals surface area contributed by atoms with Crippen LogP contribution in [0.15, 0.2) is 21.1 Å². The van der Waals surface area contributed by atoms with Gasteiger partial charge in [0.05, 0.1) is 12.7 Å². The molecule has 1 aromatic heterocycles. The summed E-state index contributed by atoms with van der Waals surface area (Å²) in [6, 6.07) is -0.911. The smallest absolute Gasteiger partial charge is 0.353 e. The van der Waals surface area contributed by atoms with E-state index in [4.69, 9.17) is 20.0 Å². The average Bonchev–Trinajstić information content (AvgIpc) is 3.23. The summed E-state index contributed by atoms with van der Waals surface area (Å²) < 4.78 is 11.5. The van der Waals surface area contributed by atoms with Crippen molar-refractivity contribution in [3.8, 4) is 0 Å². The van der Waals surface area contributed by atoms with Crippen molar-refractivity contribution in [2.24, 2.45) is 5.16 Å². The average molecular weight is 544 g/mol. The summed E-state index contributed by atoms with van der Waals surface area (Å²) in [7, 11) is 1.28. The number of oxime groups is 1. The minimum absolute atomic E-state index is 0.0568. The van der Waals surface area contributed by atoms with E-state index in [0.717, 1.165) is 11.3 Å². The first-order valence-corrected chi connectivity index (χ1v) is 13.5. The number of aromatic nitrogens is 1. The molecule has 2 fully saturated rings. The fraction of sp³-hybridized carbons (Fsp3) is 0.550. The molecule has 4 heterocycles. The third-order valence-corrected chi connectivity index (χ3v) is 8.73. The number of anilines is 1. The first kappa shape index (κ1) is 25.8. The number of hydrogen-bond donors (Lipinski definition) is 3. The number of nitrogen functional groups attached to an aromatic ring is 1. The normalized spacial score (nSPS) is 26.1. The van der Waals surface area contributed by atoms with E-state index in [1.807, 2.05) is 13.8 Å². The van der Waals surface area contributed by atoms with Crippen molar-refractivity contribution in [1.29, 1.82) is 0 Å². The summed E-state index contributed by atoms with van der Waals surface area (Å²) >= 11 is 3.89. The van der Waals surface area contributed by atoms with Crippen LogP contribution >= 0.6 is 34.9 Å². The Balaban J connectivity index is 1.45. The molecule has 0 radical (unpaired) electrons. The molecule has 4 N–H and O–H groups in total. The Morgan fingerprint density at radius 3 is 2.89 bits per heavy atom. The van der Waals surface area contributed by atoms with Gasteiger partial charge in [0.1, 0.15) is 29.9 Å². The first-order chi connectivity index (χ1) is 16.6. The minimum atomic E-state index is -1.19. The van der Waals surface area contributed by atoms with Crippen molar-refractivity contribution in [1.82, 2.24) is 15.2 Å². The number of carbonyl (C=O) groups excluding carboxylic acids is 2. The van der Waals surface area contributed by atoms with Crippen LogP contribution in [0.2, 0.25) is 0 Å². The number of β-lactam (4-membered cyclic amide) rings is 1. The number of thiazole rings is 1. The largest absolute Gasteiger partial charge is 0.477 e. The number of carboxylic acid groups (broad SMARTS) is 1. The van der Waals surface area contributed by atoms with Gasteiger partial charge in [-0.1, -0.05) is 5.16 Å². The summed E-state index contributed by atoms with van der Waals surface area (Å²) in [5.74, 6) is -2.13. The van der Waals surface area contributed by atoms with Crippen LogP contribution in [0, 0.1) is 0 Å². The van der Waals surface area contributed by atoms with E-state index in [-0.39, 0.29) is 28.3 Å². The van der Waals surface area contributed by atoms with E-state index < -0.39 is 35.0 Å². The van der Waals surface area contributed by atoms with Gasteiger partial charge in [-0.15, -0.1) is 34.9 Å². The van der Waals surface area contributed by atoms with Gasteiger partial charge in [0.15, 0.2) is 16.6 Å². The van der Waals surface area contributed by atoms with Crippen molar-refractivity contribution in [2.75, 3.05) is 31.0 Å². The lowest BCUT2D eigenvalue weighted by Crippen LogP contribution is -2.71. The van der Waals surface area contributed by atoms with Crippen LogP contribution in [0.1, 0.15) is 26.0 Å². The highest BCUT2D eigenvalue weighted by Gasteiger charge is 2.54. The van der Waals surface area contributed by atoms with Gasteiger partial charge in [0, 0.05) is 21.8 Å². The fourth-order valence-corrected chi connectivity index (χ4v) is 7.07. The van der Waals surface area contributed by atoms with E-state index in [0.29, 0.717) is 29.4 Å². The molecule has 3 aliphatic rings. The Morgan fingerprint density at radius 2 is 2.26 bits per heavy atom. The highest BCUT2D eigenvalue weighted by molar-refractivity contribution is 8.06. The molecular weight excluding hydrogens is 518 g/mol. The lowest BCUT2D eigenvalue weighted by atomic mass is 10.0. The van der Waals surface area contributed by atoms with E-state index >= 15 is 0 Å². The number of rotatable bonds is 8. The molecule has 0 spiro atoms. The van der Waals surface area contributed by atoms with Gasteiger partial charge in [0.2, 0.25) is 0 Å². The zero-order chi connectivity index (χ0) is 25.3. The van der Waals surface area contributed by atoms with Crippen LogP contribution in [0.4, 0.5) is 5.13 Å². The molecule has 35 heavy (non-hydrogen) atoms. The van der Waals surface area contributed by atoms with Crippen molar-refractivity contribution < 1.29 is 33.8 Å². The van der Waals surface area contributed by atoms with Crippen LogP contribution in [0.5, 0.6) is 0 Å². The third kappa shape index (κ3) is 5.43. The summed E-state index contributed by atoms with van der Waals surface area (Å²) in [5, 5.41) is 17.5. The monoisotopic (exact) mass is 543 g/mol. The predicted molar refractivity (Wildman–Crippen MR) is 132 cm³/mol. The number of fused-ring (bicyclic) bond motifs is 1. The zero-order valence-corrected chi connectivity index (χ0v) is 21.6. The van der Waals surface area contributed by atoms with E-state index in [9.17, 15) is 19.5 Å². The number of hydrogen-bond acceptors (Lipinski definition) is 12. The molecule has 4 rings (SSSR count). The van der Waals surface area contributed by atoms with Crippen molar-refractivity contribution in [3.63, 3.8) is 0 Å². The number of nitrogens with two attached hydrogens (primary N) is 1. The van der Waals surface area contributed by atoms with Gasteiger partial charge in [0.25, 0.3) is 11.8 Å². The molecule has 0 aromatic carbocycles. The maximum atomic E-state index is 12.9. The lowest BCUT2D eigenvalue weighted by Gasteiger charge is -2.49. The van der Waals surface area contributed by atoms with Crippen molar-refractivity contribution in [2.45, 2.75) is 43.6 Å². The number of amides is 2. The second-order valence-electron chi connectivity index (χ2n) is 8.22. The molecule has 0 aliphatic carbocycles. The Morgan fingerprint density at radius 1 is 1.49 bits per heavy atom. The lowest BCUT2D eigenvalue weighted by molar-refractivity contribution is -0.267. The molecule has 12 nitrogen and oxygen atoms in total. The standard InChI is InChI=1S/C20H25N5O7S3/c1-20(2)31-5-4-9(32-20)6-33-11-8-34-17-13(16(27)25(17)14(11)18(28)29)23-15(26)12(24-30-3)10-7-35-19(21)22-10/h7,9,13,17H,4-6,8H2,1-3H3,(H2,21,22)(H,23,26)(H,28,29)/b24-12-/t9?,13?,17-/m1/s1. The molecule has 3 atom stereocenters. The molecule has 3 aliphatic heterocycles. The van der Waals surface area contributed by atoms with Gasteiger partial charge in [-0.25, -0.2) is 9.78 Å². The summed E-state index contributed by atoms with van der Waals surface area (Å²) in [5.41, 5.74) is 5.68. The molecule has 2 saturated heterocycles. The molecular formula is C20H25N5O7S3. The van der Waals surface area contributed by atoms with E-state index in [1.54, 1.807) is 5.38 Å². The van der Waals surface area contributed by atoms with E-state index in [1.165, 1.54) is 35.5 Å². The SMILES string of the molecule is CO/N=C(\C(=O)NC1C(=O)N2C(C(=O)O)=C(SCC3CCOC(C)(C)O3)CS[C@H]12)c1csc(N)n1. The Labute approximate surface area is 213 Å². The topological polar surface area (TPSA) is 166 Å². The van der Waals surface area contributed by atoms with Crippen LogP contribution in [0.25, 0.3) is 0 Å². The first-order valence-electron chi connectivity index (χ1n) is 10.6. The summed E-state index contributed by atoms with van der Waals surface area (Å²) in [4.78, 5) is 48.5. The van der Waals surface area contributed by atoms with Gasteiger partial charge in [-0.2, -0.15) is 0 Å². The quantitative estimate of drug-likeness (QED) is 0.244. The highest BCUT2D eigenvalue weighted by atomic mass is 32.2. The van der Waals surface area contributed by atoms with E-state index in [2.05, 4.69) is 15.5 Å². The number of carbonyl (C=O) groups is 3. The molecule has 1 aromatic rings. The second kappa shape index (κ2) is 10.3. The molecule has 15 heteroatoms. The Kier molecular flexibility index (Phi) is 7.61. The van der Waals surface area contributed by atoms with Crippen LogP contribution in [0.3, 0.4) is 0 Å². The number of nitrogens with zero attached hydrogens (tertiary/aromatic N) is 3. The van der Waals surface area contributed by atoms with Crippen LogP contribution < -0.4 is 11.1 Å². The van der Waals surface area contributed by atoms with Crippen molar-refractivity contribution in [3.05, 3.63) is 21.7 Å². The maximum Gasteiger partial charge on any atom is 0.353 e. The number of aliphatic carboxylic acids is 1. The number of ether oxygens (including phenoxy) is 2. The molecule has 0 bridgehead atoms. The predicted octanol–water partition coefficient (Wildman–Crippen LogP) is 1.05. The number of thioether (sulfide) groups is 2. The Hall–Kier alpha value is -2.33. The third-order valence-electron chi connectivity index (χ3n) is 5.37. The summed E-state index contributed by atoms with van der Waals surface area (Å²) in [6.45, 7) is 4.24. The second-order valence-corrected chi connectivity index (χ2v) is 11.3. The van der Waals surface area contributed by atoms with Gasteiger partial charge in [-0.3, -0.25) is 14.5 Å². The molecule has 2 unspecified atom stereocenters. The number of carboxylic acids is 1. The molecule has 190 valence electrons. The maximum absolute atomic E-state index is 12.9. The fourth-order valence-electron chi connectivity index (χ4n) is 3.84. The van der Waals surface area contributed by atoms with Gasteiger partial charge in [-0.05, 0) is 20.3 Å².